The van der Waals surface area contributed by atoms with Gasteiger partial charge in [-0.05, 0) is 20.3 Å². The first kappa shape index (κ1) is 15.0. The van der Waals surface area contributed by atoms with Crippen molar-refractivity contribution in [1.82, 2.24) is 14.7 Å². The fourth-order valence-electron chi connectivity index (χ4n) is 2.47. The van der Waals surface area contributed by atoms with Gasteiger partial charge < -0.3 is 9.47 Å². The van der Waals surface area contributed by atoms with E-state index in [0.29, 0.717) is 18.7 Å². The predicted octanol–water partition coefficient (Wildman–Crippen LogP) is 1.21. The second-order valence-electron chi connectivity index (χ2n) is 5.12. The summed E-state index contributed by atoms with van der Waals surface area (Å²) in [6.07, 6.45) is 2.82. The smallest absolute Gasteiger partial charge is 0.341 e. The van der Waals surface area contributed by atoms with E-state index in [1.165, 1.54) is 0 Å². The molecule has 0 radical (unpaired) electrons. The van der Waals surface area contributed by atoms with Gasteiger partial charge in [0.05, 0.1) is 24.6 Å². The summed E-state index contributed by atoms with van der Waals surface area (Å²) in [5, 5.41) is 4.19. The molecule has 1 aliphatic rings. The van der Waals surface area contributed by atoms with Gasteiger partial charge in [-0.25, -0.2) is 4.79 Å². The quantitative estimate of drug-likeness (QED) is 0.776. The van der Waals surface area contributed by atoms with Crippen LogP contribution in [-0.4, -0.2) is 53.1 Å². The van der Waals surface area contributed by atoms with E-state index in [2.05, 4.69) is 16.9 Å². The molecule has 1 saturated heterocycles. The van der Waals surface area contributed by atoms with Crippen LogP contribution in [0.3, 0.4) is 0 Å². The molecule has 1 aliphatic heterocycles. The molecule has 0 spiro atoms. The summed E-state index contributed by atoms with van der Waals surface area (Å²) in [5.74, 6) is -0.297. The van der Waals surface area contributed by atoms with Crippen LogP contribution in [0.5, 0.6) is 0 Å². The zero-order chi connectivity index (χ0) is 14.5. The molecule has 0 saturated carbocycles. The highest BCUT2D eigenvalue weighted by molar-refractivity contribution is 5.90. The maximum Gasteiger partial charge on any atom is 0.341 e. The zero-order valence-electron chi connectivity index (χ0n) is 12.5. The summed E-state index contributed by atoms with van der Waals surface area (Å²) in [4.78, 5) is 14.2. The lowest BCUT2D eigenvalue weighted by Crippen LogP contribution is -2.31. The Morgan fingerprint density at radius 2 is 2.40 bits per heavy atom. The number of carbonyl (C=O) groups excluding carboxylic acids is 1. The molecule has 1 unspecified atom stereocenters. The Kier molecular flexibility index (Phi) is 5.14. The Balaban J connectivity index is 2.11. The highest BCUT2D eigenvalue weighted by Gasteiger charge is 2.21. The Morgan fingerprint density at radius 1 is 1.60 bits per heavy atom. The normalized spacial score (nSPS) is 20.6. The van der Waals surface area contributed by atoms with Crippen molar-refractivity contribution in [3.05, 3.63) is 17.5 Å². The van der Waals surface area contributed by atoms with Gasteiger partial charge in [0, 0.05) is 33.3 Å². The largest absolute Gasteiger partial charge is 0.462 e. The van der Waals surface area contributed by atoms with Crippen molar-refractivity contribution in [3.63, 3.8) is 0 Å². The highest BCUT2D eigenvalue weighted by atomic mass is 16.5. The average Bonchev–Trinajstić information content (AvgIpc) is 2.63. The first-order valence-electron chi connectivity index (χ1n) is 7.13. The molecule has 1 aromatic rings. The van der Waals surface area contributed by atoms with Crippen molar-refractivity contribution in [1.29, 1.82) is 0 Å². The molecule has 1 fully saturated rings. The molecule has 0 bridgehead atoms. The maximum absolute atomic E-state index is 11.9. The Hall–Kier alpha value is -1.40. The van der Waals surface area contributed by atoms with E-state index >= 15 is 0 Å². The molecule has 112 valence electrons. The van der Waals surface area contributed by atoms with Crippen LogP contribution in [0.15, 0.2) is 6.20 Å². The molecule has 20 heavy (non-hydrogen) atoms. The number of hydrogen-bond acceptors (Lipinski definition) is 5. The molecule has 0 amide bonds. The summed E-state index contributed by atoms with van der Waals surface area (Å²) in [5.41, 5.74) is 1.46. The van der Waals surface area contributed by atoms with E-state index < -0.39 is 0 Å². The van der Waals surface area contributed by atoms with E-state index in [-0.39, 0.29) is 12.1 Å². The lowest BCUT2D eigenvalue weighted by molar-refractivity contribution is 0.0522. The summed E-state index contributed by atoms with van der Waals surface area (Å²) in [6, 6.07) is 0. The lowest BCUT2D eigenvalue weighted by atomic mass is 10.2. The van der Waals surface area contributed by atoms with Crippen LogP contribution < -0.4 is 0 Å². The van der Waals surface area contributed by atoms with Gasteiger partial charge in [-0.3, -0.25) is 9.58 Å². The third-order valence-corrected chi connectivity index (χ3v) is 3.47. The van der Waals surface area contributed by atoms with Crippen LogP contribution >= 0.6 is 0 Å². The summed E-state index contributed by atoms with van der Waals surface area (Å²) in [7, 11) is 1.86. The van der Waals surface area contributed by atoms with Crippen LogP contribution in [0.2, 0.25) is 0 Å². The number of aryl methyl sites for hydroxylation is 1. The molecule has 0 aromatic carbocycles. The molecule has 6 heteroatoms. The van der Waals surface area contributed by atoms with Crippen molar-refractivity contribution in [3.8, 4) is 0 Å². The number of carbonyl (C=O) groups is 1. The first-order chi connectivity index (χ1) is 9.61. The van der Waals surface area contributed by atoms with Crippen molar-refractivity contribution < 1.29 is 14.3 Å². The second kappa shape index (κ2) is 6.85. The number of esters is 1. The van der Waals surface area contributed by atoms with Gasteiger partial charge in [0.25, 0.3) is 0 Å². The van der Waals surface area contributed by atoms with Crippen LogP contribution in [0.1, 0.15) is 36.3 Å². The number of nitrogens with zero attached hydrogens (tertiary/aromatic N) is 3. The van der Waals surface area contributed by atoms with Crippen molar-refractivity contribution >= 4 is 5.97 Å². The fourth-order valence-corrected chi connectivity index (χ4v) is 2.47. The van der Waals surface area contributed by atoms with E-state index in [1.807, 2.05) is 14.0 Å². The summed E-state index contributed by atoms with van der Waals surface area (Å²) < 4.78 is 12.5. The average molecular weight is 281 g/mol. The van der Waals surface area contributed by atoms with E-state index in [4.69, 9.17) is 9.47 Å². The van der Waals surface area contributed by atoms with Crippen molar-refractivity contribution in [2.75, 3.05) is 26.3 Å². The van der Waals surface area contributed by atoms with Crippen LogP contribution in [0.25, 0.3) is 0 Å². The Labute approximate surface area is 119 Å². The second-order valence-corrected chi connectivity index (χ2v) is 5.12. The number of rotatable bonds is 4. The molecule has 6 nitrogen and oxygen atoms in total. The third-order valence-electron chi connectivity index (χ3n) is 3.47. The minimum absolute atomic E-state index is 0.219. The molecule has 0 aliphatic carbocycles. The fraction of sp³-hybridized carbons (Fsp3) is 0.714. The van der Waals surface area contributed by atoms with Crippen LogP contribution in [-0.2, 0) is 23.1 Å². The summed E-state index contributed by atoms with van der Waals surface area (Å²) >= 11 is 0. The van der Waals surface area contributed by atoms with Crippen molar-refractivity contribution in [2.24, 2.45) is 7.05 Å². The molecule has 1 atom stereocenters. The summed E-state index contributed by atoms with van der Waals surface area (Å²) in [6.45, 7) is 7.59. The van der Waals surface area contributed by atoms with Crippen LogP contribution in [0, 0.1) is 0 Å². The van der Waals surface area contributed by atoms with Crippen LogP contribution in [0.4, 0.5) is 0 Å². The molecular weight excluding hydrogens is 258 g/mol. The minimum Gasteiger partial charge on any atom is -0.462 e. The Bertz CT molecular complexity index is 459. The van der Waals surface area contributed by atoms with Gasteiger partial charge in [0.15, 0.2) is 0 Å². The van der Waals surface area contributed by atoms with E-state index in [0.717, 1.165) is 31.8 Å². The highest BCUT2D eigenvalue weighted by Crippen LogP contribution is 2.15. The lowest BCUT2D eigenvalue weighted by Gasteiger charge is -2.22. The molecule has 0 N–H and O–H groups in total. The van der Waals surface area contributed by atoms with Crippen molar-refractivity contribution in [2.45, 2.75) is 32.9 Å². The maximum atomic E-state index is 11.9. The predicted molar refractivity (Wildman–Crippen MR) is 74.5 cm³/mol. The minimum atomic E-state index is -0.297. The SMILES string of the molecule is CCOC(=O)c1cnn(C)c1CN1CCCOC(C)C1. The molecule has 2 heterocycles. The molecule has 2 rings (SSSR count). The number of aromatic nitrogens is 2. The van der Waals surface area contributed by atoms with Gasteiger partial charge in [0.1, 0.15) is 5.56 Å². The topological polar surface area (TPSA) is 56.6 Å². The first-order valence-corrected chi connectivity index (χ1v) is 7.13. The molecule has 1 aromatic heterocycles. The Morgan fingerprint density at radius 3 is 3.15 bits per heavy atom. The third kappa shape index (κ3) is 3.58. The molecular formula is C14H23N3O3. The van der Waals surface area contributed by atoms with E-state index in [1.54, 1.807) is 10.9 Å². The zero-order valence-corrected chi connectivity index (χ0v) is 12.5. The van der Waals surface area contributed by atoms with Gasteiger partial charge in [-0.15, -0.1) is 0 Å². The standard InChI is InChI=1S/C14H23N3O3/c1-4-19-14(18)12-8-15-16(3)13(12)10-17-6-5-7-20-11(2)9-17/h8,11H,4-7,9-10H2,1-3H3. The number of ether oxygens (including phenoxy) is 2. The van der Waals surface area contributed by atoms with Gasteiger partial charge in [0.2, 0.25) is 0 Å². The van der Waals surface area contributed by atoms with Gasteiger partial charge in [-0.1, -0.05) is 0 Å². The van der Waals surface area contributed by atoms with Gasteiger partial charge in [-0.2, -0.15) is 5.10 Å². The van der Waals surface area contributed by atoms with E-state index in [9.17, 15) is 4.79 Å². The monoisotopic (exact) mass is 281 g/mol. The van der Waals surface area contributed by atoms with Gasteiger partial charge >= 0.3 is 5.97 Å². The number of hydrogen-bond donors (Lipinski definition) is 0.